The van der Waals surface area contributed by atoms with Gasteiger partial charge in [-0.2, -0.15) is 13.2 Å². The molecule has 28 heavy (non-hydrogen) atoms. The van der Waals surface area contributed by atoms with Crippen LogP contribution in [-0.4, -0.2) is 4.98 Å². The first-order chi connectivity index (χ1) is 13.3. The van der Waals surface area contributed by atoms with E-state index in [1.54, 1.807) is 6.26 Å². The number of hydrogen-bond acceptors (Lipinski definition) is 3. The van der Waals surface area contributed by atoms with Crippen molar-refractivity contribution < 1.29 is 17.6 Å². The minimum atomic E-state index is -4.38. The lowest BCUT2D eigenvalue weighted by atomic mass is 10.0. The molecule has 1 N–H and O–H groups in total. The van der Waals surface area contributed by atoms with Crippen molar-refractivity contribution >= 4 is 5.82 Å². The number of furan rings is 1. The maximum Gasteiger partial charge on any atom is 0.417 e. The molecule has 0 fully saturated rings. The molecule has 0 aliphatic rings. The van der Waals surface area contributed by atoms with E-state index >= 15 is 0 Å². The van der Waals surface area contributed by atoms with Gasteiger partial charge in [0.05, 0.1) is 11.8 Å². The second-order valence-electron chi connectivity index (χ2n) is 6.76. The Kier molecular flexibility index (Phi) is 5.87. The first-order valence-corrected chi connectivity index (χ1v) is 8.89. The number of hydrogen-bond donors (Lipinski definition) is 1. The lowest BCUT2D eigenvalue weighted by Crippen LogP contribution is -2.06. The number of alkyl halides is 3. The smallest absolute Gasteiger partial charge is 0.417 e. The van der Waals surface area contributed by atoms with Crippen molar-refractivity contribution in [2.45, 2.75) is 32.5 Å². The number of halogens is 3. The summed E-state index contributed by atoms with van der Waals surface area (Å²) in [5.74, 6) is 1.11. The second kappa shape index (κ2) is 8.33. The van der Waals surface area contributed by atoms with Gasteiger partial charge in [-0.3, -0.25) is 0 Å². The fourth-order valence-electron chi connectivity index (χ4n) is 2.67. The third kappa shape index (κ3) is 5.25. The molecule has 0 saturated carbocycles. The molecule has 3 aromatic rings. The topological polar surface area (TPSA) is 38.1 Å². The molecule has 0 aliphatic heterocycles. The lowest BCUT2D eigenvalue weighted by molar-refractivity contribution is -0.137. The van der Waals surface area contributed by atoms with Crippen LogP contribution in [0.1, 0.15) is 30.0 Å². The van der Waals surface area contributed by atoms with Crippen LogP contribution >= 0.6 is 0 Å². The van der Waals surface area contributed by atoms with Crippen molar-refractivity contribution in [1.82, 2.24) is 4.98 Å². The Morgan fingerprint density at radius 1 is 1.11 bits per heavy atom. The SMILES string of the molecule is C=C(C)CCc1ccc(-c2cc(CNc3ccc(C(F)(F)F)cn3)co2)cc1. The predicted molar refractivity (Wildman–Crippen MR) is 104 cm³/mol. The van der Waals surface area contributed by atoms with Crippen molar-refractivity contribution in [3.8, 4) is 11.3 Å². The van der Waals surface area contributed by atoms with Gasteiger partial charge < -0.3 is 9.73 Å². The average Bonchev–Trinajstić information content (AvgIpc) is 3.14. The molecule has 3 nitrogen and oxygen atoms in total. The Hall–Kier alpha value is -3.02. The lowest BCUT2D eigenvalue weighted by Gasteiger charge is -2.07. The van der Waals surface area contributed by atoms with Crippen molar-refractivity contribution in [3.63, 3.8) is 0 Å². The Morgan fingerprint density at radius 2 is 1.86 bits per heavy atom. The monoisotopic (exact) mass is 386 g/mol. The molecule has 6 heteroatoms. The number of pyridine rings is 1. The number of nitrogens with zero attached hydrogens (tertiary/aromatic N) is 1. The van der Waals surface area contributed by atoms with E-state index in [1.807, 2.05) is 25.1 Å². The molecule has 0 saturated heterocycles. The summed E-state index contributed by atoms with van der Waals surface area (Å²) in [7, 11) is 0. The quantitative estimate of drug-likeness (QED) is 0.472. The van der Waals surface area contributed by atoms with E-state index in [4.69, 9.17) is 4.42 Å². The van der Waals surface area contributed by atoms with E-state index in [2.05, 4.69) is 29.0 Å². The van der Waals surface area contributed by atoms with Crippen LogP contribution in [0.25, 0.3) is 11.3 Å². The van der Waals surface area contributed by atoms with E-state index in [1.165, 1.54) is 11.6 Å². The molecule has 2 heterocycles. The number of rotatable bonds is 7. The van der Waals surface area contributed by atoms with E-state index in [9.17, 15) is 13.2 Å². The standard InChI is InChI=1S/C22H21F3N2O/c1-15(2)3-4-16-5-7-18(8-6-16)20-11-17(14-28-20)12-26-21-10-9-19(13-27-21)22(23,24)25/h5-11,13-14H,1,3-4,12H2,2H3,(H,26,27). The van der Waals surface area contributed by atoms with Crippen LogP contribution in [0.4, 0.5) is 19.0 Å². The van der Waals surface area contributed by atoms with E-state index in [0.717, 1.165) is 47.6 Å². The summed E-state index contributed by atoms with van der Waals surface area (Å²) in [4.78, 5) is 3.80. The molecule has 0 amide bonds. The Bertz CT molecular complexity index is 926. The number of nitrogens with one attached hydrogen (secondary N) is 1. The predicted octanol–water partition coefficient (Wildman–Crippen LogP) is 6.48. The number of aryl methyl sites for hydroxylation is 1. The van der Waals surface area contributed by atoms with Crippen LogP contribution in [0.3, 0.4) is 0 Å². The number of benzene rings is 1. The minimum absolute atomic E-state index is 0.373. The first kappa shape index (κ1) is 19.7. The Labute approximate surface area is 161 Å². The molecule has 2 aromatic heterocycles. The van der Waals surface area contributed by atoms with Gasteiger partial charge in [0.2, 0.25) is 0 Å². The average molecular weight is 386 g/mol. The van der Waals surface area contributed by atoms with Gasteiger partial charge in [-0.15, -0.1) is 6.58 Å². The summed E-state index contributed by atoms with van der Waals surface area (Å²) in [5.41, 5.74) is 3.49. The molecule has 0 bridgehead atoms. The maximum atomic E-state index is 12.6. The van der Waals surface area contributed by atoms with Gasteiger partial charge in [-0.05, 0) is 43.5 Å². The molecule has 0 radical (unpaired) electrons. The highest BCUT2D eigenvalue weighted by Crippen LogP contribution is 2.29. The Balaban J connectivity index is 1.59. The van der Waals surface area contributed by atoms with E-state index in [-0.39, 0.29) is 0 Å². The van der Waals surface area contributed by atoms with Gasteiger partial charge in [0.1, 0.15) is 11.6 Å². The highest BCUT2D eigenvalue weighted by molar-refractivity contribution is 5.58. The molecule has 0 aliphatic carbocycles. The van der Waals surface area contributed by atoms with Crippen molar-refractivity contribution in [2.24, 2.45) is 0 Å². The van der Waals surface area contributed by atoms with E-state index in [0.29, 0.717) is 12.4 Å². The summed E-state index contributed by atoms with van der Waals surface area (Å²) in [6.07, 6.45) is -0.0119. The fraction of sp³-hybridized carbons (Fsp3) is 0.227. The van der Waals surface area contributed by atoms with Crippen LogP contribution in [0, 0.1) is 0 Å². The zero-order chi connectivity index (χ0) is 20.1. The van der Waals surface area contributed by atoms with E-state index < -0.39 is 11.7 Å². The molecule has 0 unspecified atom stereocenters. The largest absolute Gasteiger partial charge is 0.464 e. The fourth-order valence-corrected chi connectivity index (χ4v) is 2.67. The van der Waals surface area contributed by atoms with Crippen molar-refractivity contribution in [3.05, 3.63) is 83.8 Å². The van der Waals surface area contributed by atoms with Gasteiger partial charge in [-0.25, -0.2) is 4.98 Å². The number of anilines is 1. The normalized spacial score (nSPS) is 11.4. The first-order valence-electron chi connectivity index (χ1n) is 8.89. The summed E-state index contributed by atoms with van der Waals surface area (Å²) in [5, 5.41) is 2.99. The summed E-state index contributed by atoms with van der Waals surface area (Å²) < 4.78 is 43.3. The van der Waals surface area contributed by atoms with Gasteiger partial charge >= 0.3 is 6.18 Å². The maximum absolute atomic E-state index is 12.6. The van der Waals surface area contributed by atoms with Crippen LogP contribution in [0.2, 0.25) is 0 Å². The van der Waals surface area contributed by atoms with Crippen molar-refractivity contribution in [2.75, 3.05) is 5.32 Å². The third-order valence-corrected chi connectivity index (χ3v) is 4.30. The molecular weight excluding hydrogens is 365 g/mol. The number of allylic oxidation sites excluding steroid dienone is 1. The minimum Gasteiger partial charge on any atom is -0.464 e. The zero-order valence-corrected chi connectivity index (χ0v) is 15.5. The van der Waals surface area contributed by atoms with Gasteiger partial charge in [0.15, 0.2) is 0 Å². The molecule has 0 atom stereocenters. The highest BCUT2D eigenvalue weighted by atomic mass is 19.4. The van der Waals surface area contributed by atoms with Gasteiger partial charge in [0.25, 0.3) is 0 Å². The molecule has 3 rings (SSSR count). The third-order valence-electron chi connectivity index (χ3n) is 4.30. The molecule has 146 valence electrons. The summed E-state index contributed by atoms with van der Waals surface area (Å²) in [6.45, 7) is 6.34. The van der Waals surface area contributed by atoms with Crippen LogP contribution < -0.4 is 5.32 Å². The summed E-state index contributed by atoms with van der Waals surface area (Å²) >= 11 is 0. The van der Waals surface area contributed by atoms with Crippen LogP contribution in [0.5, 0.6) is 0 Å². The van der Waals surface area contributed by atoms with Gasteiger partial charge in [-0.1, -0.05) is 29.8 Å². The molecule has 1 aromatic carbocycles. The van der Waals surface area contributed by atoms with Gasteiger partial charge in [0, 0.05) is 23.9 Å². The highest BCUT2D eigenvalue weighted by Gasteiger charge is 2.30. The second-order valence-corrected chi connectivity index (χ2v) is 6.76. The van der Waals surface area contributed by atoms with Crippen molar-refractivity contribution in [1.29, 1.82) is 0 Å². The zero-order valence-electron chi connectivity index (χ0n) is 15.5. The van der Waals surface area contributed by atoms with Crippen LogP contribution in [-0.2, 0) is 19.1 Å². The Morgan fingerprint density at radius 3 is 2.46 bits per heavy atom. The molecular formula is C22H21F3N2O. The summed E-state index contributed by atoms with van der Waals surface area (Å²) in [6, 6.07) is 12.4. The van der Waals surface area contributed by atoms with Crippen LogP contribution in [0.15, 0.2) is 71.5 Å². The molecule has 0 spiro atoms. The number of aromatic nitrogens is 1.